The number of anilines is 1. The van der Waals surface area contributed by atoms with Crippen LogP contribution in [-0.4, -0.2) is 59.9 Å². The van der Waals surface area contributed by atoms with Crippen LogP contribution in [0.25, 0.3) is 0 Å². The first-order chi connectivity index (χ1) is 13.5. The molecule has 1 N–H and O–H groups in total. The van der Waals surface area contributed by atoms with E-state index in [0.717, 1.165) is 57.0 Å². The van der Waals surface area contributed by atoms with Gasteiger partial charge < -0.3 is 14.7 Å². The lowest BCUT2D eigenvalue weighted by molar-refractivity contribution is -0.385. The maximum absolute atomic E-state index is 11.1. The fourth-order valence-electron chi connectivity index (χ4n) is 6.84. The van der Waals surface area contributed by atoms with Crippen molar-refractivity contribution in [3.05, 3.63) is 28.3 Å². The second-order valence-corrected chi connectivity index (χ2v) is 9.32. The van der Waals surface area contributed by atoms with E-state index in [0.29, 0.717) is 23.6 Å². The average Bonchev–Trinajstić information content (AvgIpc) is 2.66. The zero-order valence-electron chi connectivity index (χ0n) is 16.4. The highest BCUT2D eigenvalue weighted by molar-refractivity contribution is 5.59. The van der Waals surface area contributed by atoms with Gasteiger partial charge in [0.1, 0.15) is 0 Å². The molecule has 5 atom stereocenters. The van der Waals surface area contributed by atoms with Gasteiger partial charge in [0.05, 0.1) is 17.6 Å². The van der Waals surface area contributed by atoms with E-state index in [9.17, 15) is 15.2 Å². The van der Waals surface area contributed by atoms with Gasteiger partial charge in [-0.1, -0.05) is 0 Å². The van der Waals surface area contributed by atoms with Gasteiger partial charge in [0.15, 0.2) is 5.75 Å². The lowest BCUT2D eigenvalue weighted by Crippen LogP contribution is -2.64. The minimum absolute atomic E-state index is 0.0106. The highest BCUT2D eigenvalue weighted by Gasteiger charge is 2.56. The number of aliphatic hydroxyl groups is 1. The first-order valence-electron chi connectivity index (χ1n) is 10.5. The number of nitrogens with zero attached hydrogens (tertiary/aromatic N) is 3. The largest absolute Gasteiger partial charge is 0.490 e. The van der Waals surface area contributed by atoms with Crippen LogP contribution in [0.1, 0.15) is 32.1 Å². The predicted octanol–water partition coefficient (Wildman–Crippen LogP) is 2.67. The standard InChI is InChI=1S/C21H29N3O4/c1-28-19-10-17(2-3-18(19)24(26)27)22-4-6-23(7-5-22)20-15-8-14-9-16(20)13-21(25,11-14)12-15/h2-3,10,14-16,20,25H,4-9,11-13H2,1H3/t14?,15-,16+,20?,21?. The van der Waals surface area contributed by atoms with Crippen LogP contribution in [-0.2, 0) is 0 Å². The number of hydrogen-bond acceptors (Lipinski definition) is 6. The molecular formula is C21H29N3O4. The Labute approximate surface area is 165 Å². The molecule has 1 aromatic rings. The van der Waals surface area contributed by atoms with Crippen LogP contribution in [0.15, 0.2) is 18.2 Å². The molecule has 152 valence electrons. The molecule has 7 heteroatoms. The first kappa shape index (κ1) is 18.2. The van der Waals surface area contributed by atoms with E-state index in [-0.39, 0.29) is 11.3 Å². The van der Waals surface area contributed by atoms with Crippen molar-refractivity contribution in [1.29, 1.82) is 0 Å². The Kier molecular flexibility index (Phi) is 4.28. The van der Waals surface area contributed by atoms with Crippen molar-refractivity contribution in [3.63, 3.8) is 0 Å². The van der Waals surface area contributed by atoms with Crippen LogP contribution < -0.4 is 9.64 Å². The van der Waals surface area contributed by atoms with Crippen LogP contribution in [0, 0.1) is 27.9 Å². The van der Waals surface area contributed by atoms with E-state index in [1.807, 2.05) is 6.07 Å². The van der Waals surface area contributed by atoms with Crippen molar-refractivity contribution in [2.45, 2.75) is 43.7 Å². The Hall–Kier alpha value is -1.86. The fraction of sp³-hybridized carbons (Fsp3) is 0.714. The quantitative estimate of drug-likeness (QED) is 0.632. The van der Waals surface area contributed by atoms with Gasteiger partial charge in [-0.25, -0.2) is 0 Å². The predicted molar refractivity (Wildman–Crippen MR) is 106 cm³/mol. The number of ether oxygens (including phenoxy) is 1. The van der Waals surface area contributed by atoms with Gasteiger partial charge in [-0.15, -0.1) is 0 Å². The molecule has 4 bridgehead atoms. The molecule has 0 spiro atoms. The maximum Gasteiger partial charge on any atom is 0.311 e. The van der Waals surface area contributed by atoms with E-state index < -0.39 is 4.92 Å². The molecule has 1 heterocycles. The molecule has 3 unspecified atom stereocenters. The van der Waals surface area contributed by atoms with E-state index in [2.05, 4.69) is 9.80 Å². The molecule has 1 aliphatic heterocycles. The average molecular weight is 387 g/mol. The monoisotopic (exact) mass is 387 g/mol. The Morgan fingerprint density at radius 3 is 2.39 bits per heavy atom. The number of nitro groups is 1. The van der Waals surface area contributed by atoms with Crippen molar-refractivity contribution in [1.82, 2.24) is 4.90 Å². The van der Waals surface area contributed by atoms with Gasteiger partial charge in [0.25, 0.3) is 0 Å². The molecule has 28 heavy (non-hydrogen) atoms. The number of piperazine rings is 1. The molecule has 4 saturated carbocycles. The van der Waals surface area contributed by atoms with Gasteiger partial charge in [-0.3, -0.25) is 15.0 Å². The summed E-state index contributed by atoms with van der Waals surface area (Å²) < 4.78 is 5.23. The minimum Gasteiger partial charge on any atom is -0.490 e. The highest BCUT2D eigenvalue weighted by atomic mass is 16.6. The Morgan fingerprint density at radius 1 is 1.14 bits per heavy atom. The van der Waals surface area contributed by atoms with Crippen molar-refractivity contribution in [3.8, 4) is 5.75 Å². The van der Waals surface area contributed by atoms with Crippen molar-refractivity contribution in [2.75, 3.05) is 38.2 Å². The highest BCUT2D eigenvalue weighted by Crippen LogP contribution is 2.57. The summed E-state index contributed by atoms with van der Waals surface area (Å²) in [5, 5.41) is 22.0. The first-order valence-corrected chi connectivity index (χ1v) is 10.5. The second kappa shape index (κ2) is 6.59. The Balaban J connectivity index is 1.27. The lowest BCUT2D eigenvalue weighted by Gasteiger charge is -2.61. The molecule has 0 aromatic heterocycles. The number of methoxy groups -OCH3 is 1. The zero-order valence-corrected chi connectivity index (χ0v) is 16.4. The number of benzene rings is 1. The van der Waals surface area contributed by atoms with Crippen molar-refractivity contribution in [2.24, 2.45) is 17.8 Å². The summed E-state index contributed by atoms with van der Waals surface area (Å²) in [4.78, 5) is 15.7. The zero-order chi connectivity index (χ0) is 19.5. The topological polar surface area (TPSA) is 79.1 Å². The molecule has 4 aliphatic carbocycles. The summed E-state index contributed by atoms with van der Waals surface area (Å²) in [5.41, 5.74) is 0.627. The van der Waals surface area contributed by atoms with Crippen LogP contribution >= 0.6 is 0 Å². The van der Waals surface area contributed by atoms with Gasteiger partial charge in [-0.2, -0.15) is 0 Å². The van der Waals surface area contributed by atoms with E-state index in [1.165, 1.54) is 20.0 Å². The molecule has 5 fully saturated rings. The SMILES string of the molecule is COc1cc(N2CCN(C3[C@@H]4CC5C[C@H]3CC(O)(C5)C4)CC2)ccc1[N+](=O)[O-]. The fourth-order valence-corrected chi connectivity index (χ4v) is 6.84. The van der Waals surface area contributed by atoms with Gasteiger partial charge >= 0.3 is 5.69 Å². The van der Waals surface area contributed by atoms with Crippen molar-refractivity contribution < 1.29 is 14.8 Å². The van der Waals surface area contributed by atoms with E-state index in [4.69, 9.17) is 4.74 Å². The van der Waals surface area contributed by atoms with Gasteiger partial charge in [-0.05, 0) is 55.9 Å². The van der Waals surface area contributed by atoms with E-state index in [1.54, 1.807) is 12.1 Å². The third-order valence-corrected chi connectivity index (χ3v) is 7.65. The molecule has 0 amide bonds. The minimum atomic E-state index is -0.402. The van der Waals surface area contributed by atoms with Crippen LogP contribution in [0.5, 0.6) is 5.75 Å². The molecule has 0 radical (unpaired) electrons. The summed E-state index contributed by atoms with van der Waals surface area (Å²) in [6.45, 7) is 3.87. The Bertz CT molecular complexity index is 761. The number of hydrogen-bond donors (Lipinski definition) is 1. The molecule has 1 saturated heterocycles. The summed E-state index contributed by atoms with van der Waals surface area (Å²) in [5.74, 6) is 2.37. The van der Waals surface area contributed by atoms with Crippen molar-refractivity contribution >= 4 is 11.4 Å². The lowest BCUT2D eigenvalue weighted by atomic mass is 9.52. The molecule has 5 aliphatic rings. The summed E-state index contributed by atoms with van der Waals surface area (Å²) in [7, 11) is 1.48. The number of nitro benzene ring substituents is 1. The van der Waals surface area contributed by atoms with Crippen LogP contribution in [0.4, 0.5) is 11.4 Å². The third-order valence-electron chi connectivity index (χ3n) is 7.65. The normalized spacial score (nSPS) is 37.3. The maximum atomic E-state index is 11.1. The van der Waals surface area contributed by atoms with Crippen LogP contribution in [0.3, 0.4) is 0 Å². The third kappa shape index (κ3) is 2.95. The van der Waals surface area contributed by atoms with Crippen LogP contribution in [0.2, 0.25) is 0 Å². The van der Waals surface area contributed by atoms with Gasteiger partial charge in [0, 0.05) is 50.0 Å². The molecule has 7 nitrogen and oxygen atoms in total. The molecule has 6 rings (SSSR count). The summed E-state index contributed by atoms with van der Waals surface area (Å²) in [6.07, 6.45) is 5.60. The smallest absolute Gasteiger partial charge is 0.311 e. The van der Waals surface area contributed by atoms with E-state index >= 15 is 0 Å². The Morgan fingerprint density at radius 2 is 1.82 bits per heavy atom. The second-order valence-electron chi connectivity index (χ2n) is 9.32. The van der Waals surface area contributed by atoms with Gasteiger partial charge in [0.2, 0.25) is 0 Å². The number of rotatable bonds is 4. The molecular weight excluding hydrogens is 358 g/mol. The summed E-state index contributed by atoms with van der Waals surface area (Å²) >= 11 is 0. The molecule has 1 aromatic carbocycles. The summed E-state index contributed by atoms with van der Waals surface area (Å²) in [6, 6.07) is 5.78.